The van der Waals surface area contributed by atoms with Crippen molar-refractivity contribution in [3.8, 4) is 11.8 Å². The molecule has 0 spiro atoms. The lowest BCUT2D eigenvalue weighted by Gasteiger charge is -2.06. The fraction of sp³-hybridized carbons (Fsp3) is 0.125. The Kier molecular flexibility index (Phi) is 5.02. The number of hydrogen-bond acceptors (Lipinski definition) is 3. The molecule has 0 atom stereocenters. The highest BCUT2D eigenvalue weighted by Crippen LogP contribution is 2.10. The third-order valence-electron chi connectivity index (χ3n) is 2.74. The van der Waals surface area contributed by atoms with Gasteiger partial charge in [0, 0.05) is 30.1 Å². The fourth-order valence-corrected chi connectivity index (χ4v) is 1.72. The lowest BCUT2D eigenvalue weighted by molar-refractivity contribution is 0.0950. The van der Waals surface area contributed by atoms with Crippen molar-refractivity contribution in [3.05, 3.63) is 65.2 Å². The van der Waals surface area contributed by atoms with E-state index in [1.165, 1.54) is 12.3 Å². The van der Waals surface area contributed by atoms with Crippen LogP contribution in [0, 0.1) is 17.7 Å². The Bertz CT molecular complexity index is 690. The molecule has 106 valence electrons. The number of nitrogens with one attached hydrogen (secondary N) is 1. The second-order valence-corrected chi connectivity index (χ2v) is 4.24. The van der Waals surface area contributed by atoms with Gasteiger partial charge in [0.05, 0.1) is 12.1 Å². The standard InChI is InChI=1S/C16H14FN3O/c17-15-6-5-12(3-1-7-18)9-14(15)11-20-16(21)13-4-2-8-19-10-13/h2,4-6,8-10H,7,11,18H2,(H,20,21). The van der Waals surface area contributed by atoms with Gasteiger partial charge in [0.1, 0.15) is 5.82 Å². The number of nitrogens with two attached hydrogens (primary N) is 1. The van der Waals surface area contributed by atoms with Gasteiger partial charge in [-0.15, -0.1) is 0 Å². The summed E-state index contributed by atoms with van der Waals surface area (Å²) >= 11 is 0. The number of nitrogens with zero attached hydrogens (tertiary/aromatic N) is 1. The fourth-order valence-electron chi connectivity index (χ4n) is 1.72. The van der Waals surface area contributed by atoms with Crippen LogP contribution in [0.1, 0.15) is 21.5 Å². The molecular weight excluding hydrogens is 269 g/mol. The molecule has 0 radical (unpaired) electrons. The molecule has 5 heteroatoms. The smallest absolute Gasteiger partial charge is 0.253 e. The van der Waals surface area contributed by atoms with Crippen molar-refractivity contribution in [2.24, 2.45) is 5.73 Å². The maximum Gasteiger partial charge on any atom is 0.253 e. The van der Waals surface area contributed by atoms with Gasteiger partial charge in [0.15, 0.2) is 0 Å². The van der Waals surface area contributed by atoms with E-state index in [0.29, 0.717) is 16.7 Å². The van der Waals surface area contributed by atoms with Gasteiger partial charge in [-0.1, -0.05) is 11.8 Å². The zero-order valence-corrected chi connectivity index (χ0v) is 11.3. The minimum atomic E-state index is -0.389. The van der Waals surface area contributed by atoms with Gasteiger partial charge in [0.25, 0.3) is 5.91 Å². The van der Waals surface area contributed by atoms with Crippen molar-refractivity contribution in [2.45, 2.75) is 6.54 Å². The molecule has 3 N–H and O–H groups in total. The average molecular weight is 283 g/mol. The number of carbonyl (C=O) groups is 1. The Morgan fingerprint density at radius 1 is 1.38 bits per heavy atom. The van der Waals surface area contributed by atoms with Crippen LogP contribution in [0.5, 0.6) is 0 Å². The summed E-state index contributed by atoms with van der Waals surface area (Å²) in [5.74, 6) is 4.83. The lowest BCUT2D eigenvalue weighted by Crippen LogP contribution is -2.23. The molecule has 4 nitrogen and oxygen atoms in total. The van der Waals surface area contributed by atoms with E-state index in [2.05, 4.69) is 22.1 Å². The summed E-state index contributed by atoms with van der Waals surface area (Å²) in [5.41, 5.74) is 6.76. The second-order valence-electron chi connectivity index (χ2n) is 4.24. The van der Waals surface area contributed by atoms with Gasteiger partial charge in [-0.05, 0) is 30.3 Å². The van der Waals surface area contributed by atoms with Gasteiger partial charge in [-0.3, -0.25) is 9.78 Å². The predicted molar refractivity (Wildman–Crippen MR) is 77.7 cm³/mol. The summed E-state index contributed by atoms with van der Waals surface area (Å²) in [5, 5.41) is 2.65. The first-order valence-corrected chi connectivity index (χ1v) is 6.36. The quantitative estimate of drug-likeness (QED) is 0.838. The monoisotopic (exact) mass is 283 g/mol. The van der Waals surface area contributed by atoms with Gasteiger partial charge in [-0.25, -0.2) is 4.39 Å². The average Bonchev–Trinajstić information content (AvgIpc) is 2.53. The van der Waals surface area contributed by atoms with Gasteiger partial charge in [0.2, 0.25) is 0 Å². The number of benzene rings is 1. The predicted octanol–water partition coefficient (Wildman–Crippen LogP) is 1.46. The van der Waals surface area contributed by atoms with E-state index in [9.17, 15) is 9.18 Å². The highest BCUT2D eigenvalue weighted by molar-refractivity contribution is 5.93. The first-order valence-electron chi connectivity index (χ1n) is 6.36. The van der Waals surface area contributed by atoms with Crippen molar-refractivity contribution < 1.29 is 9.18 Å². The molecule has 1 amide bonds. The molecule has 0 unspecified atom stereocenters. The van der Waals surface area contributed by atoms with E-state index in [1.807, 2.05) is 0 Å². The van der Waals surface area contributed by atoms with Crippen LogP contribution in [-0.4, -0.2) is 17.4 Å². The van der Waals surface area contributed by atoms with Gasteiger partial charge < -0.3 is 11.1 Å². The molecule has 0 aliphatic heterocycles. The Hall–Kier alpha value is -2.71. The molecule has 1 heterocycles. The van der Waals surface area contributed by atoms with E-state index in [1.54, 1.807) is 30.5 Å². The summed E-state index contributed by atoms with van der Waals surface area (Å²) in [7, 11) is 0. The Labute approximate surface area is 122 Å². The zero-order valence-electron chi connectivity index (χ0n) is 11.3. The Morgan fingerprint density at radius 3 is 2.95 bits per heavy atom. The van der Waals surface area contributed by atoms with E-state index in [0.717, 1.165) is 0 Å². The maximum atomic E-state index is 13.7. The molecule has 2 aromatic rings. The SMILES string of the molecule is NCC#Cc1ccc(F)c(CNC(=O)c2cccnc2)c1. The summed E-state index contributed by atoms with van der Waals surface area (Å²) in [6.07, 6.45) is 3.03. The summed E-state index contributed by atoms with van der Waals surface area (Å²) < 4.78 is 13.7. The number of rotatable bonds is 3. The number of pyridine rings is 1. The zero-order chi connectivity index (χ0) is 15.1. The van der Waals surface area contributed by atoms with Gasteiger partial charge in [-0.2, -0.15) is 0 Å². The normalized spacial score (nSPS) is 9.62. The maximum absolute atomic E-state index is 13.7. The molecule has 0 bridgehead atoms. The van der Waals surface area contributed by atoms with Crippen LogP contribution in [0.4, 0.5) is 4.39 Å². The van der Waals surface area contributed by atoms with Crippen LogP contribution < -0.4 is 11.1 Å². The number of hydrogen-bond donors (Lipinski definition) is 2. The third kappa shape index (κ3) is 4.13. The van der Waals surface area contributed by atoms with E-state index < -0.39 is 0 Å². The Morgan fingerprint density at radius 2 is 2.24 bits per heavy atom. The minimum Gasteiger partial charge on any atom is -0.348 e. The topological polar surface area (TPSA) is 68.0 Å². The first kappa shape index (κ1) is 14.7. The van der Waals surface area contributed by atoms with Crippen molar-refractivity contribution >= 4 is 5.91 Å². The van der Waals surface area contributed by atoms with Crippen LogP contribution in [0.15, 0.2) is 42.7 Å². The molecule has 2 rings (SSSR count). The highest BCUT2D eigenvalue weighted by Gasteiger charge is 2.07. The first-order chi connectivity index (χ1) is 10.2. The molecule has 21 heavy (non-hydrogen) atoms. The van der Waals surface area contributed by atoms with Crippen LogP contribution >= 0.6 is 0 Å². The van der Waals surface area contributed by atoms with E-state index in [-0.39, 0.29) is 24.8 Å². The van der Waals surface area contributed by atoms with Crippen LogP contribution in [0.2, 0.25) is 0 Å². The second kappa shape index (κ2) is 7.17. The summed E-state index contributed by atoms with van der Waals surface area (Å²) in [6.45, 7) is 0.322. The number of aromatic nitrogens is 1. The van der Waals surface area contributed by atoms with E-state index >= 15 is 0 Å². The van der Waals surface area contributed by atoms with Crippen LogP contribution in [-0.2, 0) is 6.54 Å². The van der Waals surface area contributed by atoms with Crippen LogP contribution in [0.25, 0.3) is 0 Å². The third-order valence-corrected chi connectivity index (χ3v) is 2.74. The van der Waals surface area contributed by atoms with Gasteiger partial charge >= 0.3 is 0 Å². The van der Waals surface area contributed by atoms with Crippen molar-refractivity contribution in [3.63, 3.8) is 0 Å². The minimum absolute atomic E-state index is 0.0811. The molecular formula is C16H14FN3O. The molecule has 0 saturated carbocycles. The lowest BCUT2D eigenvalue weighted by atomic mass is 10.1. The molecule has 1 aromatic heterocycles. The van der Waals surface area contributed by atoms with Crippen LogP contribution in [0.3, 0.4) is 0 Å². The Balaban J connectivity index is 2.07. The molecule has 0 aliphatic carbocycles. The summed E-state index contributed by atoms with van der Waals surface area (Å²) in [6, 6.07) is 7.80. The van der Waals surface area contributed by atoms with Crippen molar-refractivity contribution in [1.82, 2.24) is 10.3 Å². The largest absolute Gasteiger partial charge is 0.348 e. The summed E-state index contributed by atoms with van der Waals surface area (Å²) in [4.78, 5) is 15.7. The van der Waals surface area contributed by atoms with Crippen molar-refractivity contribution in [1.29, 1.82) is 0 Å². The van der Waals surface area contributed by atoms with Crippen molar-refractivity contribution in [2.75, 3.05) is 6.54 Å². The molecule has 1 aromatic carbocycles. The molecule has 0 fully saturated rings. The molecule has 0 saturated heterocycles. The number of halogens is 1. The number of amides is 1. The number of carbonyl (C=O) groups excluding carboxylic acids is 1. The molecule has 0 aliphatic rings. The highest BCUT2D eigenvalue weighted by atomic mass is 19.1. The van der Waals surface area contributed by atoms with E-state index in [4.69, 9.17) is 5.73 Å².